The Bertz CT molecular complexity index is 1190. The minimum absolute atomic E-state index is 0.0496. The Balaban J connectivity index is 1.79. The second-order valence-corrected chi connectivity index (χ2v) is 14.5. The third kappa shape index (κ3) is 4.90. The number of allylic oxidation sites excluding steroid dienone is 3. The maximum atomic E-state index is 12.5. The van der Waals surface area contributed by atoms with Gasteiger partial charge in [-0.25, -0.2) is 4.79 Å². The van der Waals surface area contributed by atoms with E-state index in [9.17, 15) is 24.6 Å². The Morgan fingerprint density at radius 1 is 1.05 bits per heavy atom. The van der Waals surface area contributed by atoms with E-state index in [-0.39, 0.29) is 51.8 Å². The number of aliphatic hydroxyl groups is 1. The standard InChI is InChI=1S/C34H50O7/c1-19(30(38)39)10-12-26(40-21(3)35)20(2)25-18-29(41-22(4)36)34(9)24-11-13-27-31(5,6)28(37)15-16-32(27,7)23(24)14-17-33(25,34)8/h10-11,14,20,25-29,37H,12-13,15-18H2,1-9H3,(H,38,39)/b19-10-/t20-,25+,26-,27-,28+,29-,32+,33+,34+/m0/s1. The molecule has 0 radical (unpaired) electrons. The van der Waals surface area contributed by atoms with Gasteiger partial charge in [0.15, 0.2) is 0 Å². The van der Waals surface area contributed by atoms with Crippen LogP contribution < -0.4 is 0 Å². The molecule has 2 saturated carbocycles. The molecule has 0 aromatic heterocycles. The monoisotopic (exact) mass is 570 g/mol. The number of esters is 2. The number of carboxylic acids is 1. The lowest BCUT2D eigenvalue weighted by atomic mass is 9.44. The van der Waals surface area contributed by atoms with Crippen molar-refractivity contribution < 1.29 is 34.1 Å². The predicted octanol–water partition coefficient (Wildman–Crippen LogP) is 6.40. The molecule has 0 heterocycles. The van der Waals surface area contributed by atoms with Gasteiger partial charge in [-0.05, 0) is 84.2 Å². The Labute approximate surface area is 245 Å². The van der Waals surface area contributed by atoms with Crippen molar-refractivity contribution in [2.45, 2.75) is 119 Å². The van der Waals surface area contributed by atoms with E-state index in [2.05, 4.69) is 53.7 Å². The summed E-state index contributed by atoms with van der Waals surface area (Å²) in [5.41, 5.74) is 1.79. The van der Waals surface area contributed by atoms with Crippen LogP contribution in [-0.2, 0) is 23.9 Å². The third-order valence-electron chi connectivity index (χ3n) is 12.2. The summed E-state index contributed by atoms with van der Waals surface area (Å²) in [6.45, 7) is 17.8. The van der Waals surface area contributed by atoms with Crippen molar-refractivity contribution in [2.75, 3.05) is 0 Å². The maximum absolute atomic E-state index is 12.5. The fraction of sp³-hybridized carbons (Fsp3) is 0.735. The first-order valence-electron chi connectivity index (χ1n) is 15.3. The minimum atomic E-state index is -0.992. The van der Waals surface area contributed by atoms with Crippen molar-refractivity contribution in [3.63, 3.8) is 0 Å². The van der Waals surface area contributed by atoms with Crippen LogP contribution in [0.15, 0.2) is 34.9 Å². The van der Waals surface area contributed by atoms with Crippen molar-refractivity contribution in [3.8, 4) is 0 Å². The summed E-state index contributed by atoms with van der Waals surface area (Å²) in [6, 6.07) is 0. The Morgan fingerprint density at radius 3 is 2.29 bits per heavy atom. The molecule has 4 aliphatic carbocycles. The van der Waals surface area contributed by atoms with Gasteiger partial charge in [-0.2, -0.15) is 0 Å². The lowest BCUT2D eigenvalue weighted by molar-refractivity contribution is -0.153. The molecule has 0 amide bonds. The van der Waals surface area contributed by atoms with Gasteiger partial charge in [0.1, 0.15) is 12.2 Å². The zero-order valence-corrected chi connectivity index (χ0v) is 26.4. The minimum Gasteiger partial charge on any atom is -0.478 e. The normalized spacial score (nSPS) is 39.2. The number of hydrogen-bond donors (Lipinski definition) is 2. The van der Waals surface area contributed by atoms with E-state index in [1.165, 1.54) is 25.0 Å². The largest absolute Gasteiger partial charge is 0.478 e. The molecule has 7 nitrogen and oxygen atoms in total. The van der Waals surface area contributed by atoms with Crippen LogP contribution in [0.5, 0.6) is 0 Å². The summed E-state index contributed by atoms with van der Waals surface area (Å²) in [5, 5.41) is 20.3. The molecule has 2 N–H and O–H groups in total. The van der Waals surface area contributed by atoms with Gasteiger partial charge < -0.3 is 19.7 Å². The second kappa shape index (κ2) is 10.7. The van der Waals surface area contributed by atoms with Gasteiger partial charge in [0, 0.05) is 31.3 Å². The number of aliphatic carboxylic acids is 1. The first-order chi connectivity index (χ1) is 18.9. The van der Waals surface area contributed by atoms with E-state index >= 15 is 0 Å². The summed E-state index contributed by atoms with van der Waals surface area (Å²) in [6.07, 6.45) is 9.52. The first-order valence-corrected chi connectivity index (χ1v) is 15.3. The highest BCUT2D eigenvalue weighted by atomic mass is 16.5. The van der Waals surface area contributed by atoms with E-state index in [1.807, 2.05) is 0 Å². The number of hydrogen-bond acceptors (Lipinski definition) is 6. The highest BCUT2D eigenvalue weighted by molar-refractivity contribution is 5.85. The van der Waals surface area contributed by atoms with Gasteiger partial charge in [-0.15, -0.1) is 0 Å². The summed E-state index contributed by atoms with van der Waals surface area (Å²) < 4.78 is 12.0. The summed E-state index contributed by atoms with van der Waals surface area (Å²) >= 11 is 0. The van der Waals surface area contributed by atoms with Crippen molar-refractivity contribution in [1.82, 2.24) is 0 Å². The number of ether oxygens (including phenoxy) is 2. The van der Waals surface area contributed by atoms with Crippen LogP contribution in [0.2, 0.25) is 0 Å². The molecule has 0 aliphatic heterocycles. The van der Waals surface area contributed by atoms with Gasteiger partial charge >= 0.3 is 17.9 Å². The maximum Gasteiger partial charge on any atom is 0.330 e. The number of carboxylic acid groups (broad SMARTS) is 1. The highest BCUT2D eigenvalue weighted by Gasteiger charge is 2.68. The fourth-order valence-electron chi connectivity index (χ4n) is 9.43. The van der Waals surface area contributed by atoms with Crippen LogP contribution in [0.3, 0.4) is 0 Å². The fourth-order valence-corrected chi connectivity index (χ4v) is 9.43. The molecule has 0 bridgehead atoms. The SMILES string of the molecule is CC(=O)O[C@@H](C/C=C(/C)C(=O)O)[C@@H](C)[C@H]1C[C@H](OC(C)=O)[C@@]2(C)C3=CC[C@H]4C(C)(C)[C@H](O)CC[C@]4(C)C3=CC[C@]12C. The number of carbonyl (C=O) groups excluding carboxylic acids is 2. The van der Waals surface area contributed by atoms with Crippen molar-refractivity contribution >= 4 is 17.9 Å². The molecule has 7 heteroatoms. The molecular formula is C34H50O7. The molecule has 0 aromatic rings. The number of carbonyl (C=O) groups is 3. The quantitative estimate of drug-likeness (QED) is 0.269. The summed E-state index contributed by atoms with van der Waals surface area (Å²) in [7, 11) is 0. The highest BCUT2D eigenvalue weighted by Crippen LogP contribution is 2.72. The summed E-state index contributed by atoms with van der Waals surface area (Å²) in [4.78, 5) is 36.1. The van der Waals surface area contributed by atoms with E-state index in [1.54, 1.807) is 13.0 Å². The van der Waals surface area contributed by atoms with Crippen molar-refractivity contribution in [3.05, 3.63) is 34.9 Å². The van der Waals surface area contributed by atoms with Crippen LogP contribution in [0.4, 0.5) is 0 Å². The molecule has 0 unspecified atom stereocenters. The molecular weight excluding hydrogens is 520 g/mol. The molecule has 228 valence electrons. The third-order valence-corrected chi connectivity index (χ3v) is 12.2. The molecule has 2 fully saturated rings. The average molecular weight is 571 g/mol. The Hall–Kier alpha value is -2.41. The molecule has 9 atom stereocenters. The molecule has 4 aliphatic rings. The first kappa shape index (κ1) is 31.5. The summed E-state index contributed by atoms with van der Waals surface area (Å²) in [5.74, 6) is -1.44. The zero-order valence-electron chi connectivity index (χ0n) is 26.4. The van der Waals surface area contributed by atoms with Gasteiger partial charge in [0.05, 0.1) is 6.10 Å². The lowest BCUT2D eigenvalue weighted by Crippen LogP contribution is -2.56. The zero-order chi connectivity index (χ0) is 30.7. The predicted molar refractivity (Wildman–Crippen MR) is 157 cm³/mol. The van der Waals surface area contributed by atoms with E-state index in [4.69, 9.17) is 9.47 Å². The second-order valence-electron chi connectivity index (χ2n) is 14.5. The van der Waals surface area contributed by atoms with E-state index in [0.717, 1.165) is 25.7 Å². The molecule has 41 heavy (non-hydrogen) atoms. The van der Waals surface area contributed by atoms with E-state index < -0.39 is 23.5 Å². The van der Waals surface area contributed by atoms with Gasteiger partial charge in [0.2, 0.25) is 0 Å². The van der Waals surface area contributed by atoms with Crippen LogP contribution >= 0.6 is 0 Å². The molecule has 4 rings (SSSR count). The number of rotatable bonds is 7. The lowest BCUT2D eigenvalue weighted by Gasteiger charge is -2.61. The Kier molecular flexibility index (Phi) is 8.22. The average Bonchev–Trinajstić information content (AvgIpc) is 3.10. The van der Waals surface area contributed by atoms with E-state index in [0.29, 0.717) is 18.8 Å². The van der Waals surface area contributed by atoms with Crippen molar-refractivity contribution in [1.29, 1.82) is 0 Å². The van der Waals surface area contributed by atoms with Crippen LogP contribution in [0.25, 0.3) is 0 Å². The topological polar surface area (TPSA) is 110 Å². The van der Waals surface area contributed by atoms with Crippen molar-refractivity contribution in [2.24, 2.45) is 39.4 Å². The number of aliphatic hydroxyl groups excluding tert-OH is 1. The van der Waals surface area contributed by atoms with Crippen LogP contribution in [0, 0.1) is 39.4 Å². The van der Waals surface area contributed by atoms with Gasteiger partial charge in [-0.3, -0.25) is 9.59 Å². The van der Waals surface area contributed by atoms with Crippen LogP contribution in [-0.4, -0.2) is 46.4 Å². The molecule has 0 saturated heterocycles. The van der Waals surface area contributed by atoms with Crippen LogP contribution in [0.1, 0.15) is 101 Å². The Morgan fingerprint density at radius 2 is 1.71 bits per heavy atom. The van der Waals surface area contributed by atoms with Gasteiger partial charge in [0.25, 0.3) is 0 Å². The van der Waals surface area contributed by atoms with Gasteiger partial charge in [-0.1, -0.05) is 59.8 Å². The smallest absolute Gasteiger partial charge is 0.330 e. The molecule has 0 aromatic carbocycles. The molecule has 0 spiro atoms. The number of fused-ring (bicyclic) bond motifs is 5.